The van der Waals surface area contributed by atoms with Crippen molar-refractivity contribution in [2.24, 2.45) is 0 Å². The molecule has 0 saturated heterocycles. The standard InChI is InChI=1S/C20H21N5O/c1-13(2)24-20(26)18-6-5-16(8-14(18)3)22-10-17-11-23-19-7-4-15(9-21)12-25(17)19/h4-8,11-13,22H,10H2,1-3H3,(H,24,26). The number of hydrogen-bond acceptors (Lipinski definition) is 4. The number of nitriles is 1. The van der Waals surface area contributed by atoms with Gasteiger partial charge in [-0.1, -0.05) is 0 Å². The van der Waals surface area contributed by atoms with Gasteiger partial charge in [0.2, 0.25) is 0 Å². The van der Waals surface area contributed by atoms with E-state index in [1.54, 1.807) is 18.5 Å². The van der Waals surface area contributed by atoms with Crippen LogP contribution in [0.3, 0.4) is 0 Å². The molecule has 0 atom stereocenters. The Kier molecular flexibility index (Phi) is 4.90. The van der Waals surface area contributed by atoms with E-state index < -0.39 is 0 Å². The van der Waals surface area contributed by atoms with Gasteiger partial charge in [-0.3, -0.25) is 4.79 Å². The van der Waals surface area contributed by atoms with E-state index >= 15 is 0 Å². The molecular formula is C20H21N5O. The topological polar surface area (TPSA) is 82.2 Å². The van der Waals surface area contributed by atoms with E-state index in [0.29, 0.717) is 17.7 Å². The quantitative estimate of drug-likeness (QED) is 0.742. The Labute approximate surface area is 152 Å². The lowest BCUT2D eigenvalue weighted by Gasteiger charge is -2.12. The first-order chi connectivity index (χ1) is 12.5. The van der Waals surface area contributed by atoms with Gasteiger partial charge in [0.25, 0.3) is 5.91 Å². The minimum Gasteiger partial charge on any atom is -0.379 e. The zero-order valence-electron chi connectivity index (χ0n) is 15.1. The number of imidazole rings is 1. The van der Waals surface area contributed by atoms with E-state index in [4.69, 9.17) is 5.26 Å². The molecule has 0 aliphatic rings. The lowest BCUT2D eigenvalue weighted by atomic mass is 10.1. The van der Waals surface area contributed by atoms with Crippen LogP contribution in [0.15, 0.2) is 42.7 Å². The Morgan fingerprint density at radius 2 is 2.12 bits per heavy atom. The van der Waals surface area contributed by atoms with E-state index in [1.807, 2.05) is 49.4 Å². The molecule has 0 aliphatic heterocycles. The highest BCUT2D eigenvalue weighted by Crippen LogP contribution is 2.17. The maximum atomic E-state index is 12.2. The maximum absolute atomic E-state index is 12.2. The van der Waals surface area contributed by atoms with Crippen molar-refractivity contribution in [1.29, 1.82) is 5.26 Å². The molecule has 0 aliphatic carbocycles. The van der Waals surface area contributed by atoms with E-state index in [1.165, 1.54) is 0 Å². The van der Waals surface area contributed by atoms with Gasteiger partial charge >= 0.3 is 0 Å². The zero-order valence-corrected chi connectivity index (χ0v) is 15.1. The van der Waals surface area contributed by atoms with Crippen LogP contribution in [-0.2, 0) is 6.54 Å². The molecule has 6 heteroatoms. The van der Waals surface area contributed by atoms with Gasteiger partial charge in [0.15, 0.2) is 0 Å². The number of carbonyl (C=O) groups is 1. The van der Waals surface area contributed by atoms with Crippen molar-refractivity contribution in [3.8, 4) is 6.07 Å². The fourth-order valence-electron chi connectivity index (χ4n) is 2.79. The summed E-state index contributed by atoms with van der Waals surface area (Å²) in [5.74, 6) is -0.0603. The largest absolute Gasteiger partial charge is 0.379 e. The summed E-state index contributed by atoms with van der Waals surface area (Å²) in [4.78, 5) is 16.5. The second kappa shape index (κ2) is 7.28. The molecule has 26 heavy (non-hydrogen) atoms. The van der Waals surface area contributed by atoms with Gasteiger partial charge in [-0.25, -0.2) is 4.98 Å². The Morgan fingerprint density at radius 3 is 2.81 bits per heavy atom. The fraction of sp³-hybridized carbons (Fsp3) is 0.250. The number of fused-ring (bicyclic) bond motifs is 1. The number of rotatable bonds is 5. The van der Waals surface area contributed by atoms with Crippen molar-refractivity contribution in [1.82, 2.24) is 14.7 Å². The molecule has 0 unspecified atom stereocenters. The summed E-state index contributed by atoms with van der Waals surface area (Å²) < 4.78 is 1.91. The number of amides is 1. The van der Waals surface area contributed by atoms with Crippen molar-refractivity contribution in [3.63, 3.8) is 0 Å². The van der Waals surface area contributed by atoms with Gasteiger partial charge in [-0.05, 0) is 56.7 Å². The summed E-state index contributed by atoms with van der Waals surface area (Å²) in [6.45, 7) is 6.37. The number of benzene rings is 1. The first-order valence-electron chi connectivity index (χ1n) is 8.49. The molecule has 0 fully saturated rings. The van der Waals surface area contributed by atoms with Crippen molar-refractivity contribution in [2.75, 3.05) is 5.32 Å². The van der Waals surface area contributed by atoms with E-state index in [0.717, 1.165) is 22.6 Å². The van der Waals surface area contributed by atoms with Gasteiger partial charge in [0.1, 0.15) is 11.7 Å². The number of nitrogens with zero attached hydrogens (tertiary/aromatic N) is 3. The van der Waals surface area contributed by atoms with Crippen LogP contribution in [-0.4, -0.2) is 21.3 Å². The molecule has 6 nitrogen and oxygen atoms in total. The Bertz CT molecular complexity index is 997. The summed E-state index contributed by atoms with van der Waals surface area (Å²) in [5, 5.41) is 15.3. The Morgan fingerprint density at radius 1 is 1.31 bits per heavy atom. The second-order valence-corrected chi connectivity index (χ2v) is 6.52. The van der Waals surface area contributed by atoms with Crippen LogP contribution in [0.2, 0.25) is 0 Å². The normalized spacial score (nSPS) is 10.7. The van der Waals surface area contributed by atoms with Crippen LogP contribution in [0.5, 0.6) is 0 Å². The average Bonchev–Trinajstić information content (AvgIpc) is 3.01. The maximum Gasteiger partial charge on any atom is 0.251 e. The van der Waals surface area contributed by atoms with Gasteiger partial charge in [0.05, 0.1) is 24.0 Å². The molecule has 3 rings (SSSR count). The lowest BCUT2D eigenvalue weighted by molar-refractivity contribution is 0.0942. The number of anilines is 1. The molecular weight excluding hydrogens is 326 g/mol. The minimum atomic E-state index is -0.0603. The number of hydrogen-bond donors (Lipinski definition) is 2. The molecule has 132 valence electrons. The van der Waals surface area contributed by atoms with Crippen LogP contribution in [0, 0.1) is 18.3 Å². The minimum absolute atomic E-state index is 0.0603. The highest BCUT2D eigenvalue weighted by Gasteiger charge is 2.11. The first-order valence-corrected chi connectivity index (χ1v) is 8.49. The van der Waals surface area contributed by atoms with Crippen molar-refractivity contribution < 1.29 is 4.79 Å². The van der Waals surface area contributed by atoms with Crippen LogP contribution in [0.4, 0.5) is 5.69 Å². The molecule has 0 spiro atoms. The van der Waals surface area contributed by atoms with Crippen LogP contribution in [0.25, 0.3) is 5.65 Å². The van der Waals surface area contributed by atoms with Crippen LogP contribution < -0.4 is 10.6 Å². The van der Waals surface area contributed by atoms with E-state index in [2.05, 4.69) is 21.7 Å². The highest BCUT2D eigenvalue weighted by molar-refractivity contribution is 5.96. The van der Waals surface area contributed by atoms with Gasteiger partial charge < -0.3 is 15.0 Å². The van der Waals surface area contributed by atoms with Crippen LogP contribution in [0.1, 0.15) is 41.0 Å². The molecule has 2 N–H and O–H groups in total. The summed E-state index contributed by atoms with van der Waals surface area (Å²) in [5.41, 5.74) is 4.87. The molecule has 2 aromatic heterocycles. The molecule has 2 heterocycles. The third-order valence-electron chi connectivity index (χ3n) is 4.08. The van der Waals surface area contributed by atoms with E-state index in [9.17, 15) is 4.79 Å². The molecule has 1 amide bonds. The van der Waals surface area contributed by atoms with Crippen molar-refractivity contribution in [3.05, 3.63) is 65.1 Å². The number of pyridine rings is 1. The Balaban J connectivity index is 1.75. The lowest BCUT2D eigenvalue weighted by Crippen LogP contribution is -2.30. The SMILES string of the molecule is Cc1cc(NCc2cnc3ccc(C#N)cn23)ccc1C(=O)NC(C)C. The van der Waals surface area contributed by atoms with Gasteiger partial charge in [0, 0.05) is 23.5 Å². The number of aromatic nitrogens is 2. The predicted molar refractivity (Wildman–Crippen MR) is 101 cm³/mol. The number of nitrogens with one attached hydrogen (secondary N) is 2. The summed E-state index contributed by atoms with van der Waals surface area (Å²) in [7, 11) is 0. The number of carbonyl (C=O) groups excluding carboxylic acids is 1. The smallest absolute Gasteiger partial charge is 0.251 e. The van der Waals surface area contributed by atoms with Crippen molar-refractivity contribution in [2.45, 2.75) is 33.4 Å². The van der Waals surface area contributed by atoms with Gasteiger partial charge in [-0.15, -0.1) is 0 Å². The van der Waals surface area contributed by atoms with Crippen LogP contribution >= 0.6 is 0 Å². The number of aryl methyl sites for hydroxylation is 1. The van der Waals surface area contributed by atoms with E-state index in [-0.39, 0.29) is 11.9 Å². The molecule has 0 saturated carbocycles. The van der Waals surface area contributed by atoms with Gasteiger partial charge in [-0.2, -0.15) is 5.26 Å². The zero-order chi connectivity index (χ0) is 18.7. The first kappa shape index (κ1) is 17.5. The summed E-state index contributed by atoms with van der Waals surface area (Å²) in [6, 6.07) is 11.5. The third-order valence-corrected chi connectivity index (χ3v) is 4.08. The summed E-state index contributed by atoms with van der Waals surface area (Å²) in [6.07, 6.45) is 3.57. The third kappa shape index (κ3) is 3.67. The highest BCUT2D eigenvalue weighted by atomic mass is 16.1. The molecule has 3 aromatic rings. The van der Waals surface area contributed by atoms with Crippen molar-refractivity contribution >= 4 is 17.2 Å². The predicted octanol–water partition coefficient (Wildman–Crippen LogP) is 3.26. The molecule has 1 aromatic carbocycles. The summed E-state index contributed by atoms with van der Waals surface area (Å²) >= 11 is 0. The monoisotopic (exact) mass is 347 g/mol. The average molecular weight is 347 g/mol. The fourth-order valence-corrected chi connectivity index (χ4v) is 2.79. The Hall–Kier alpha value is -3.33. The second-order valence-electron chi connectivity index (χ2n) is 6.52. The molecule has 0 radical (unpaired) electrons. The molecule has 0 bridgehead atoms.